The molecule has 17 heavy (non-hydrogen) atoms. The van der Waals surface area contributed by atoms with Gasteiger partial charge in [0.05, 0.1) is 17.6 Å². The molecule has 0 saturated carbocycles. The van der Waals surface area contributed by atoms with Crippen molar-refractivity contribution in [1.29, 1.82) is 0 Å². The van der Waals surface area contributed by atoms with Gasteiger partial charge in [0.25, 0.3) is 0 Å². The highest BCUT2D eigenvalue weighted by Crippen LogP contribution is 2.19. The van der Waals surface area contributed by atoms with Crippen molar-refractivity contribution in [2.75, 3.05) is 5.32 Å². The maximum absolute atomic E-state index is 11.6. The number of pyridine rings is 1. The highest BCUT2D eigenvalue weighted by molar-refractivity contribution is 5.94. The third-order valence-corrected chi connectivity index (χ3v) is 2.65. The molecule has 1 N–H and O–H groups in total. The number of carbonyl (C=O) groups excluding carboxylic acids is 1. The van der Waals surface area contributed by atoms with E-state index in [4.69, 9.17) is 0 Å². The summed E-state index contributed by atoms with van der Waals surface area (Å²) >= 11 is 0. The summed E-state index contributed by atoms with van der Waals surface area (Å²) in [6.07, 6.45) is 1.66. The van der Waals surface area contributed by atoms with E-state index in [1.807, 2.05) is 33.9 Å². The van der Waals surface area contributed by atoms with Crippen LogP contribution in [0.5, 0.6) is 0 Å². The maximum Gasteiger partial charge on any atom is 0.226 e. The van der Waals surface area contributed by atoms with Crippen LogP contribution in [0.2, 0.25) is 0 Å². The Balaban J connectivity index is 2.38. The number of amides is 1. The number of nitrogens with one attached hydrogen (secondary N) is 1. The lowest BCUT2D eigenvalue weighted by atomic mass is 10.2. The van der Waals surface area contributed by atoms with Crippen molar-refractivity contribution in [3.05, 3.63) is 18.0 Å². The van der Waals surface area contributed by atoms with E-state index in [-0.39, 0.29) is 11.8 Å². The number of fused-ring (bicyclic) bond motifs is 1. The normalized spacial score (nSPS) is 11.1. The van der Waals surface area contributed by atoms with Crippen molar-refractivity contribution in [3.8, 4) is 0 Å². The molecule has 0 radical (unpaired) electrons. The number of hydrogen-bond donors (Lipinski definition) is 1. The Labute approximate surface area is 99.8 Å². The monoisotopic (exact) mass is 232 g/mol. The predicted octanol–water partition coefficient (Wildman–Crippen LogP) is 1.87. The third-order valence-electron chi connectivity index (χ3n) is 2.65. The van der Waals surface area contributed by atoms with Crippen molar-refractivity contribution in [3.63, 3.8) is 0 Å². The first kappa shape index (κ1) is 11.6. The number of nitrogens with zero attached hydrogens (tertiary/aromatic N) is 3. The highest BCUT2D eigenvalue weighted by atomic mass is 16.1. The fourth-order valence-electron chi connectivity index (χ4n) is 1.66. The Morgan fingerprint density at radius 1 is 1.47 bits per heavy atom. The van der Waals surface area contributed by atoms with E-state index < -0.39 is 0 Å². The first-order chi connectivity index (χ1) is 7.99. The summed E-state index contributed by atoms with van der Waals surface area (Å²) in [5, 5.41) is 8.09. The summed E-state index contributed by atoms with van der Waals surface area (Å²) < 4.78 is 1.73. The minimum atomic E-state index is -0.0410. The molecule has 0 aliphatic rings. The van der Waals surface area contributed by atoms with Crippen molar-refractivity contribution >= 4 is 22.6 Å². The van der Waals surface area contributed by atoms with Gasteiger partial charge in [-0.15, -0.1) is 0 Å². The minimum Gasteiger partial charge on any atom is -0.324 e. The van der Waals surface area contributed by atoms with Crippen LogP contribution in [0.4, 0.5) is 5.69 Å². The van der Waals surface area contributed by atoms with Crippen LogP contribution in [0, 0.1) is 12.8 Å². The second kappa shape index (κ2) is 4.16. The molecule has 2 heterocycles. The molecular formula is C12H16N4O. The summed E-state index contributed by atoms with van der Waals surface area (Å²) in [6.45, 7) is 5.64. The van der Waals surface area contributed by atoms with Crippen molar-refractivity contribution < 1.29 is 4.79 Å². The molecule has 0 unspecified atom stereocenters. The summed E-state index contributed by atoms with van der Waals surface area (Å²) in [4.78, 5) is 15.9. The molecule has 0 aliphatic carbocycles. The molecule has 2 aromatic heterocycles. The van der Waals surface area contributed by atoms with Crippen molar-refractivity contribution in [2.24, 2.45) is 13.0 Å². The Bertz CT molecular complexity index is 571. The number of rotatable bonds is 2. The van der Waals surface area contributed by atoms with Gasteiger partial charge in [0, 0.05) is 18.4 Å². The molecule has 5 nitrogen and oxygen atoms in total. The smallest absolute Gasteiger partial charge is 0.226 e. The molecule has 0 spiro atoms. The van der Waals surface area contributed by atoms with Crippen LogP contribution in [0.25, 0.3) is 11.0 Å². The first-order valence-corrected chi connectivity index (χ1v) is 5.59. The molecule has 90 valence electrons. The number of anilines is 1. The van der Waals surface area contributed by atoms with Gasteiger partial charge in [-0.05, 0) is 13.0 Å². The zero-order valence-corrected chi connectivity index (χ0v) is 10.5. The van der Waals surface area contributed by atoms with Gasteiger partial charge in [-0.25, -0.2) is 4.98 Å². The SMILES string of the molecule is Cc1nn(C)c2ncc(NC(=O)C(C)C)cc12. The number of aromatic nitrogens is 3. The molecule has 0 aromatic carbocycles. The van der Waals surface area contributed by atoms with E-state index in [0.717, 1.165) is 16.7 Å². The van der Waals surface area contributed by atoms with Gasteiger partial charge in [0.15, 0.2) is 5.65 Å². The lowest BCUT2D eigenvalue weighted by Gasteiger charge is -2.07. The molecular weight excluding hydrogens is 216 g/mol. The summed E-state index contributed by atoms with van der Waals surface area (Å²) in [6, 6.07) is 1.91. The van der Waals surface area contributed by atoms with Gasteiger partial charge >= 0.3 is 0 Å². The maximum atomic E-state index is 11.6. The molecule has 0 atom stereocenters. The minimum absolute atomic E-state index is 0.00677. The van der Waals surface area contributed by atoms with Crippen LogP contribution in [-0.2, 0) is 11.8 Å². The quantitative estimate of drug-likeness (QED) is 0.859. The largest absolute Gasteiger partial charge is 0.324 e. The first-order valence-electron chi connectivity index (χ1n) is 5.59. The summed E-state index contributed by atoms with van der Waals surface area (Å²) in [5.74, 6) is -0.0478. The van der Waals surface area contributed by atoms with E-state index in [1.54, 1.807) is 10.9 Å². The average Bonchev–Trinajstić information content (AvgIpc) is 2.54. The molecule has 0 bridgehead atoms. The van der Waals surface area contributed by atoms with E-state index in [9.17, 15) is 4.79 Å². The van der Waals surface area contributed by atoms with E-state index >= 15 is 0 Å². The summed E-state index contributed by atoms with van der Waals surface area (Å²) in [5.41, 5.74) is 2.45. The molecule has 0 saturated heterocycles. The Kier molecular flexibility index (Phi) is 2.83. The van der Waals surface area contributed by atoms with Crippen molar-refractivity contribution in [2.45, 2.75) is 20.8 Å². The molecule has 2 aromatic rings. The lowest BCUT2D eigenvalue weighted by molar-refractivity contribution is -0.118. The summed E-state index contributed by atoms with van der Waals surface area (Å²) in [7, 11) is 1.86. The third kappa shape index (κ3) is 2.13. The lowest BCUT2D eigenvalue weighted by Crippen LogP contribution is -2.17. The number of hydrogen-bond acceptors (Lipinski definition) is 3. The van der Waals surface area contributed by atoms with Gasteiger partial charge in [0.1, 0.15) is 0 Å². The number of carbonyl (C=O) groups is 1. The second-order valence-corrected chi connectivity index (χ2v) is 4.45. The van der Waals surface area contributed by atoms with Crippen LogP contribution in [0.1, 0.15) is 19.5 Å². The molecule has 0 aliphatic heterocycles. The van der Waals surface area contributed by atoms with Crippen LogP contribution in [0.15, 0.2) is 12.3 Å². The predicted molar refractivity (Wildman–Crippen MR) is 66.7 cm³/mol. The average molecular weight is 232 g/mol. The van der Waals surface area contributed by atoms with Crippen LogP contribution < -0.4 is 5.32 Å². The second-order valence-electron chi connectivity index (χ2n) is 4.45. The Morgan fingerprint density at radius 2 is 2.18 bits per heavy atom. The van der Waals surface area contributed by atoms with Gasteiger partial charge in [-0.3, -0.25) is 9.48 Å². The highest BCUT2D eigenvalue weighted by Gasteiger charge is 2.10. The Morgan fingerprint density at radius 3 is 2.82 bits per heavy atom. The van der Waals surface area contributed by atoms with Gasteiger partial charge in [-0.2, -0.15) is 5.10 Å². The van der Waals surface area contributed by atoms with Crippen LogP contribution in [0.3, 0.4) is 0 Å². The van der Waals surface area contributed by atoms with Crippen molar-refractivity contribution in [1.82, 2.24) is 14.8 Å². The zero-order chi connectivity index (χ0) is 12.6. The fraction of sp³-hybridized carbons (Fsp3) is 0.417. The molecule has 2 rings (SSSR count). The van der Waals surface area contributed by atoms with Gasteiger partial charge < -0.3 is 5.32 Å². The van der Waals surface area contributed by atoms with Crippen LogP contribution in [-0.4, -0.2) is 20.7 Å². The van der Waals surface area contributed by atoms with E-state index in [1.165, 1.54) is 0 Å². The molecule has 1 amide bonds. The topological polar surface area (TPSA) is 59.8 Å². The van der Waals surface area contributed by atoms with Gasteiger partial charge in [0.2, 0.25) is 5.91 Å². The van der Waals surface area contributed by atoms with E-state index in [2.05, 4.69) is 15.4 Å². The Hall–Kier alpha value is -1.91. The standard InChI is InChI=1S/C12H16N4O/c1-7(2)12(17)14-9-5-10-8(3)15-16(4)11(10)13-6-9/h5-7H,1-4H3,(H,14,17). The molecule has 0 fully saturated rings. The van der Waals surface area contributed by atoms with Gasteiger partial charge in [-0.1, -0.05) is 13.8 Å². The van der Waals surface area contributed by atoms with E-state index in [0.29, 0.717) is 5.69 Å². The molecule has 5 heteroatoms. The zero-order valence-electron chi connectivity index (χ0n) is 10.5. The number of aryl methyl sites for hydroxylation is 2. The fourth-order valence-corrected chi connectivity index (χ4v) is 1.66. The van der Waals surface area contributed by atoms with Crippen LogP contribution >= 0.6 is 0 Å².